The molecule has 0 fully saturated rings. The van der Waals surface area contributed by atoms with Crippen molar-refractivity contribution < 1.29 is 24.2 Å². The number of carbonyl (C=O) groups excluding carboxylic acids is 2. The van der Waals surface area contributed by atoms with Crippen molar-refractivity contribution in [3.8, 4) is 5.75 Å². The minimum atomic E-state index is -0.964. The highest BCUT2D eigenvalue weighted by Gasteiger charge is 2.40. The van der Waals surface area contributed by atoms with Gasteiger partial charge in [-0.15, -0.1) is 0 Å². The lowest BCUT2D eigenvalue weighted by atomic mass is 9.71. The second kappa shape index (κ2) is 8.70. The van der Waals surface area contributed by atoms with E-state index < -0.39 is 5.97 Å². The van der Waals surface area contributed by atoms with Gasteiger partial charge >= 0.3 is 5.97 Å². The first-order valence-electron chi connectivity index (χ1n) is 11.4. The molecule has 0 radical (unpaired) electrons. The van der Waals surface area contributed by atoms with Crippen LogP contribution in [0.3, 0.4) is 0 Å². The molecule has 168 valence electrons. The maximum absolute atomic E-state index is 13.0. The van der Waals surface area contributed by atoms with Gasteiger partial charge in [0.2, 0.25) is 0 Å². The van der Waals surface area contributed by atoms with Gasteiger partial charge in [-0.1, -0.05) is 24.3 Å². The van der Waals surface area contributed by atoms with Crippen LogP contribution < -0.4 is 10.1 Å². The van der Waals surface area contributed by atoms with Crippen LogP contribution in [0.4, 0.5) is 0 Å². The Morgan fingerprint density at radius 1 is 0.909 bits per heavy atom. The molecule has 2 aromatic rings. The van der Waals surface area contributed by atoms with Crippen molar-refractivity contribution in [3.63, 3.8) is 0 Å². The zero-order valence-corrected chi connectivity index (χ0v) is 18.2. The van der Waals surface area contributed by atoms with E-state index in [1.165, 1.54) is 0 Å². The monoisotopic (exact) mass is 443 g/mol. The Balaban J connectivity index is 1.45. The third kappa shape index (κ3) is 4.09. The summed E-state index contributed by atoms with van der Waals surface area (Å²) in [5.41, 5.74) is 5.37. The number of ether oxygens (including phenoxy) is 1. The van der Waals surface area contributed by atoms with E-state index in [0.29, 0.717) is 18.6 Å². The minimum Gasteiger partial charge on any atom is -0.489 e. The van der Waals surface area contributed by atoms with Crippen LogP contribution in [0.2, 0.25) is 0 Å². The van der Waals surface area contributed by atoms with E-state index >= 15 is 0 Å². The predicted octanol–water partition coefficient (Wildman–Crippen LogP) is 4.66. The Morgan fingerprint density at radius 2 is 1.55 bits per heavy atom. The molecule has 0 saturated heterocycles. The van der Waals surface area contributed by atoms with Crippen LogP contribution in [0.5, 0.6) is 5.75 Å². The summed E-state index contributed by atoms with van der Waals surface area (Å²) in [6.45, 7) is 0.287. The van der Waals surface area contributed by atoms with Gasteiger partial charge in [-0.3, -0.25) is 9.59 Å². The smallest absolute Gasteiger partial charge is 0.335 e. The maximum atomic E-state index is 13.0. The average molecular weight is 443 g/mol. The van der Waals surface area contributed by atoms with Crippen molar-refractivity contribution in [1.82, 2.24) is 5.32 Å². The Morgan fingerprint density at radius 3 is 2.15 bits per heavy atom. The fourth-order valence-electron chi connectivity index (χ4n) is 5.01. The van der Waals surface area contributed by atoms with E-state index in [2.05, 4.69) is 5.32 Å². The number of carboxylic acid groups (broad SMARTS) is 1. The van der Waals surface area contributed by atoms with E-state index in [-0.39, 0.29) is 29.7 Å². The van der Waals surface area contributed by atoms with Gasteiger partial charge in [0.25, 0.3) is 0 Å². The summed E-state index contributed by atoms with van der Waals surface area (Å²) in [6.07, 6.45) is 4.33. The second-order valence-electron chi connectivity index (χ2n) is 8.76. The summed E-state index contributed by atoms with van der Waals surface area (Å²) in [6, 6.07) is 14.2. The number of dihydropyridines is 1. The first-order valence-corrected chi connectivity index (χ1v) is 11.4. The Bertz CT molecular complexity index is 1160. The topological polar surface area (TPSA) is 92.7 Å². The third-order valence-corrected chi connectivity index (χ3v) is 6.59. The number of aromatic carboxylic acids is 1. The SMILES string of the molecule is O=C1CCCC2=C1C(c1cccc(OCc3ccc(C(=O)O)cc3)c1)C1=C(CCCC1=O)N2. The van der Waals surface area contributed by atoms with Gasteiger partial charge < -0.3 is 15.2 Å². The molecule has 0 atom stereocenters. The Kier molecular flexibility index (Phi) is 5.58. The molecule has 3 aliphatic rings. The molecule has 2 aliphatic carbocycles. The van der Waals surface area contributed by atoms with E-state index in [1.54, 1.807) is 24.3 Å². The molecular weight excluding hydrogens is 418 g/mol. The number of hydrogen-bond donors (Lipinski definition) is 2. The lowest BCUT2D eigenvalue weighted by molar-refractivity contribution is -0.117. The lowest BCUT2D eigenvalue weighted by Crippen LogP contribution is -2.36. The molecule has 1 aliphatic heterocycles. The third-order valence-electron chi connectivity index (χ3n) is 6.59. The standard InChI is InChI=1S/C27H25NO5/c29-22-8-2-6-20-25(22)24(26-21(28-20)7-3-9-23(26)30)18-4-1-5-19(14-18)33-15-16-10-12-17(13-11-16)27(31)32/h1,4-5,10-14,24,28H,2-3,6-9,15H2,(H,31,32). The number of ketones is 2. The summed E-state index contributed by atoms with van der Waals surface area (Å²) in [7, 11) is 0. The van der Waals surface area contributed by atoms with Crippen LogP contribution in [0.25, 0.3) is 0 Å². The number of carbonyl (C=O) groups is 3. The van der Waals surface area contributed by atoms with Crippen molar-refractivity contribution >= 4 is 17.5 Å². The molecule has 0 bridgehead atoms. The van der Waals surface area contributed by atoms with Gasteiger partial charge in [0, 0.05) is 41.3 Å². The maximum Gasteiger partial charge on any atom is 0.335 e. The van der Waals surface area contributed by atoms with Gasteiger partial charge in [-0.05, 0) is 61.1 Å². The van der Waals surface area contributed by atoms with Crippen LogP contribution in [0, 0.1) is 0 Å². The van der Waals surface area contributed by atoms with Gasteiger partial charge in [0.05, 0.1) is 5.56 Å². The lowest BCUT2D eigenvalue weighted by Gasteiger charge is -2.37. The quantitative estimate of drug-likeness (QED) is 0.698. The molecule has 2 aromatic carbocycles. The Hall–Kier alpha value is -3.67. The largest absolute Gasteiger partial charge is 0.489 e. The highest BCUT2D eigenvalue weighted by molar-refractivity contribution is 6.06. The summed E-state index contributed by atoms with van der Waals surface area (Å²) >= 11 is 0. The molecule has 0 amide bonds. The van der Waals surface area contributed by atoms with Crippen LogP contribution in [0.1, 0.15) is 65.9 Å². The van der Waals surface area contributed by atoms with Gasteiger partial charge in [0.15, 0.2) is 11.6 Å². The highest BCUT2D eigenvalue weighted by atomic mass is 16.5. The van der Waals surface area contributed by atoms with Crippen LogP contribution >= 0.6 is 0 Å². The number of allylic oxidation sites excluding steroid dienone is 4. The first kappa shape index (κ1) is 21.2. The van der Waals surface area contributed by atoms with Gasteiger partial charge in [-0.25, -0.2) is 4.79 Å². The first-order chi connectivity index (χ1) is 16.0. The molecule has 6 nitrogen and oxygen atoms in total. The number of rotatable bonds is 5. The molecular formula is C27H25NO5. The fourth-order valence-corrected chi connectivity index (χ4v) is 5.01. The summed E-state index contributed by atoms with van der Waals surface area (Å²) in [5, 5.41) is 12.5. The minimum absolute atomic E-state index is 0.114. The number of Topliss-reactive ketones (excluding diaryl/α,β-unsaturated/α-hetero) is 2. The molecule has 0 spiro atoms. The Labute approximate surface area is 192 Å². The number of benzene rings is 2. The molecule has 5 rings (SSSR count). The molecule has 6 heteroatoms. The van der Waals surface area contributed by atoms with Gasteiger partial charge in [0.1, 0.15) is 12.4 Å². The van der Waals surface area contributed by atoms with E-state index in [1.807, 2.05) is 24.3 Å². The summed E-state index contributed by atoms with van der Waals surface area (Å²) in [4.78, 5) is 37.0. The molecule has 2 N–H and O–H groups in total. The zero-order chi connectivity index (χ0) is 22.9. The van der Waals surface area contributed by atoms with E-state index in [9.17, 15) is 14.4 Å². The van der Waals surface area contributed by atoms with Crippen molar-refractivity contribution in [2.75, 3.05) is 0 Å². The summed E-state index contributed by atoms with van der Waals surface area (Å²) < 4.78 is 5.98. The van der Waals surface area contributed by atoms with Crippen LogP contribution in [-0.2, 0) is 16.2 Å². The summed E-state index contributed by atoms with van der Waals surface area (Å²) in [5.74, 6) is -0.444. The number of nitrogens with one attached hydrogen (secondary N) is 1. The number of carboxylic acids is 1. The van der Waals surface area contributed by atoms with E-state index in [0.717, 1.165) is 59.4 Å². The molecule has 33 heavy (non-hydrogen) atoms. The normalized spacial score (nSPS) is 18.5. The van der Waals surface area contributed by atoms with Crippen molar-refractivity contribution in [2.45, 2.75) is 51.0 Å². The number of hydrogen-bond acceptors (Lipinski definition) is 5. The van der Waals surface area contributed by atoms with Gasteiger partial charge in [-0.2, -0.15) is 0 Å². The average Bonchev–Trinajstić information content (AvgIpc) is 2.82. The van der Waals surface area contributed by atoms with E-state index in [4.69, 9.17) is 9.84 Å². The van der Waals surface area contributed by atoms with Crippen LogP contribution in [-0.4, -0.2) is 22.6 Å². The van der Waals surface area contributed by atoms with Crippen molar-refractivity contribution in [1.29, 1.82) is 0 Å². The molecule has 1 heterocycles. The molecule has 0 unspecified atom stereocenters. The second-order valence-corrected chi connectivity index (χ2v) is 8.76. The highest BCUT2D eigenvalue weighted by Crippen LogP contribution is 2.45. The fraction of sp³-hybridized carbons (Fsp3) is 0.296. The molecule has 0 saturated carbocycles. The zero-order valence-electron chi connectivity index (χ0n) is 18.2. The predicted molar refractivity (Wildman–Crippen MR) is 122 cm³/mol. The van der Waals surface area contributed by atoms with Crippen molar-refractivity contribution in [3.05, 3.63) is 87.8 Å². The molecule has 0 aromatic heterocycles. The van der Waals surface area contributed by atoms with Crippen molar-refractivity contribution in [2.24, 2.45) is 0 Å². The van der Waals surface area contributed by atoms with Crippen LogP contribution in [0.15, 0.2) is 71.1 Å².